The number of ether oxygens (including phenoxy) is 4. The Balaban J connectivity index is 2.37. The van der Waals surface area contributed by atoms with Gasteiger partial charge in [-0.3, -0.25) is 0 Å². The average Bonchev–Trinajstić information content (AvgIpc) is 2.65. The van der Waals surface area contributed by atoms with Gasteiger partial charge in [-0.25, -0.2) is 0 Å². The minimum Gasteiger partial charge on any atom is -0.416 e. The van der Waals surface area contributed by atoms with E-state index >= 15 is 0 Å². The van der Waals surface area contributed by atoms with Crippen LogP contribution in [0.3, 0.4) is 0 Å². The zero-order valence-corrected chi connectivity index (χ0v) is 13.8. The Morgan fingerprint density at radius 2 is 1.04 bits per heavy atom. The maximum atomic E-state index is 9.10. The third-order valence-corrected chi connectivity index (χ3v) is 4.36. The Morgan fingerprint density at radius 3 is 1.31 bits per heavy atom. The van der Waals surface area contributed by atoms with Crippen LogP contribution in [-0.4, -0.2) is 23.4 Å². The maximum absolute atomic E-state index is 9.10. The largest absolute Gasteiger partial charge is 0.416 e. The Hall–Kier alpha value is -3.88. The average molecular weight is 350 g/mol. The highest BCUT2D eigenvalue weighted by Gasteiger charge is 2.49. The van der Waals surface area contributed by atoms with Crippen LogP contribution in [-0.2, 0) is 18.9 Å². The van der Waals surface area contributed by atoms with Gasteiger partial charge in [0.15, 0.2) is 11.2 Å². The molecule has 0 aliphatic heterocycles. The van der Waals surface area contributed by atoms with Gasteiger partial charge < -0.3 is 18.9 Å². The topological polar surface area (TPSA) is 132 Å². The summed E-state index contributed by atoms with van der Waals surface area (Å²) in [6, 6.07) is 0. The minimum absolute atomic E-state index is 0.568. The Morgan fingerprint density at radius 1 is 0.692 bits per heavy atom. The molecule has 2 aliphatic rings. The maximum Gasteiger partial charge on any atom is 0.287 e. The van der Waals surface area contributed by atoms with Gasteiger partial charge in [0.25, 0.3) is 25.0 Å². The summed E-state index contributed by atoms with van der Waals surface area (Å²) >= 11 is 0. The lowest BCUT2D eigenvalue weighted by molar-refractivity contribution is -0.0252. The first kappa shape index (κ1) is 18.5. The summed E-state index contributed by atoms with van der Waals surface area (Å²) in [4.78, 5) is 0. The van der Waals surface area contributed by atoms with Gasteiger partial charge in [0.2, 0.25) is 0 Å². The van der Waals surface area contributed by atoms with Gasteiger partial charge in [-0.1, -0.05) is 6.92 Å². The summed E-state index contributed by atoms with van der Waals surface area (Å²) in [5.74, 6) is -0.569. The molecule has 0 aromatic rings. The number of nitrogens with zero attached hydrogens (tertiary/aromatic N) is 4. The molecule has 0 unspecified atom stereocenters. The van der Waals surface area contributed by atoms with Crippen LogP contribution in [0.5, 0.6) is 0 Å². The van der Waals surface area contributed by atoms with Crippen LogP contribution < -0.4 is 0 Å². The number of rotatable bonds is 6. The van der Waals surface area contributed by atoms with E-state index in [-0.39, 0.29) is 0 Å². The van der Waals surface area contributed by atoms with Crippen molar-refractivity contribution in [3.8, 4) is 25.0 Å². The summed E-state index contributed by atoms with van der Waals surface area (Å²) in [5, 5.41) is 35.4. The monoisotopic (exact) mass is 350 g/mol. The van der Waals surface area contributed by atoms with Crippen molar-refractivity contribution in [2.75, 3.05) is 0 Å². The number of hydrogen-bond donors (Lipinski definition) is 0. The molecule has 0 spiro atoms. The Kier molecular flexibility index (Phi) is 5.53. The second kappa shape index (κ2) is 7.79. The molecular formula is C18H14N4O4. The molecule has 0 amide bonds. The standard InChI is InChI=1S/C18H14N4O4/c1-14(17(25-12-21)6-2-15(3-7-17)23-10-19)18(26-13-22)8-4-16(5-9-18)24-11-20/h2-9,14-16H,1H3. The fraction of sp³-hybridized carbons (Fsp3) is 0.333. The lowest BCUT2D eigenvalue weighted by Crippen LogP contribution is -2.50. The van der Waals surface area contributed by atoms with Crippen LogP contribution in [0.15, 0.2) is 48.6 Å². The van der Waals surface area contributed by atoms with Crippen molar-refractivity contribution >= 4 is 0 Å². The van der Waals surface area contributed by atoms with Crippen LogP contribution in [0.1, 0.15) is 6.92 Å². The molecular weight excluding hydrogens is 336 g/mol. The lowest BCUT2D eigenvalue weighted by Gasteiger charge is -2.42. The summed E-state index contributed by atoms with van der Waals surface area (Å²) in [6.07, 6.45) is 18.1. The fourth-order valence-electron chi connectivity index (χ4n) is 2.90. The molecule has 0 saturated carbocycles. The highest BCUT2D eigenvalue weighted by Crippen LogP contribution is 2.41. The van der Waals surface area contributed by atoms with Gasteiger partial charge in [0.05, 0.1) is 5.92 Å². The van der Waals surface area contributed by atoms with E-state index in [1.54, 1.807) is 80.6 Å². The molecule has 0 N–H and O–H groups in total. The lowest BCUT2D eigenvalue weighted by atomic mass is 9.72. The van der Waals surface area contributed by atoms with Crippen molar-refractivity contribution in [3.05, 3.63) is 48.6 Å². The Labute approximate surface area is 150 Å². The van der Waals surface area contributed by atoms with Gasteiger partial charge in [-0.05, 0) is 48.6 Å². The normalized spacial score (nSPS) is 32.2. The van der Waals surface area contributed by atoms with Crippen LogP contribution in [0.2, 0.25) is 0 Å². The van der Waals surface area contributed by atoms with E-state index in [4.69, 9.17) is 40.0 Å². The molecule has 0 atom stereocenters. The van der Waals surface area contributed by atoms with Gasteiger partial charge in [-0.2, -0.15) is 21.0 Å². The zero-order chi connectivity index (χ0) is 19.0. The summed E-state index contributed by atoms with van der Waals surface area (Å²) in [6.45, 7) is 1.75. The van der Waals surface area contributed by atoms with Crippen LogP contribution in [0, 0.1) is 52.0 Å². The second-order valence-corrected chi connectivity index (χ2v) is 5.60. The van der Waals surface area contributed by atoms with Crippen molar-refractivity contribution in [2.24, 2.45) is 5.92 Å². The van der Waals surface area contributed by atoms with E-state index in [0.29, 0.717) is 0 Å². The highest BCUT2D eigenvalue weighted by atomic mass is 16.5. The van der Waals surface area contributed by atoms with E-state index in [2.05, 4.69) is 0 Å². The molecule has 0 aromatic heterocycles. The molecule has 0 fully saturated rings. The van der Waals surface area contributed by atoms with E-state index in [1.165, 1.54) is 0 Å². The summed E-state index contributed by atoms with van der Waals surface area (Å²) in [7, 11) is 0. The molecule has 0 aromatic carbocycles. The SMILES string of the molecule is CC(C1(OC#N)C=CC(OC#N)C=C1)C1(OC#N)C=CC(OC#N)C=C1. The molecule has 8 nitrogen and oxygen atoms in total. The highest BCUT2D eigenvalue weighted by molar-refractivity contribution is 5.35. The molecule has 130 valence electrons. The second-order valence-electron chi connectivity index (χ2n) is 5.60. The van der Waals surface area contributed by atoms with Gasteiger partial charge in [-0.15, -0.1) is 0 Å². The van der Waals surface area contributed by atoms with Crippen molar-refractivity contribution in [2.45, 2.75) is 30.3 Å². The third kappa shape index (κ3) is 3.46. The van der Waals surface area contributed by atoms with Gasteiger partial charge in [0, 0.05) is 0 Å². The molecule has 0 heterocycles. The smallest absolute Gasteiger partial charge is 0.287 e. The first-order chi connectivity index (χ1) is 12.6. The van der Waals surface area contributed by atoms with E-state index < -0.39 is 29.3 Å². The summed E-state index contributed by atoms with van der Waals surface area (Å²) < 4.78 is 20.3. The minimum atomic E-state index is -1.22. The molecule has 0 radical (unpaired) electrons. The van der Waals surface area contributed by atoms with Crippen molar-refractivity contribution in [1.29, 1.82) is 21.0 Å². The quantitative estimate of drug-likeness (QED) is 0.525. The van der Waals surface area contributed by atoms with E-state index in [9.17, 15) is 0 Å². The van der Waals surface area contributed by atoms with Gasteiger partial charge in [0.1, 0.15) is 12.2 Å². The van der Waals surface area contributed by atoms with Crippen LogP contribution in [0.4, 0.5) is 0 Å². The molecule has 2 rings (SSSR count). The first-order valence-electron chi connectivity index (χ1n) is 7.57. The van der Waals surface area contributed by atoms with Crippen molar-refractivity contribution < 1.29 is 18.9 Å². The molecule has 2 aliphatic carbocycles. The fourth-order valence-corrected chi connectivity index (χ4v) is 2.90. The van der Waals surface area contributed by atoms with E-state index in [1.807, 2.05) is 0 Å². The van der Waals surface area contributed by atoms with Crippen LogP contribution >= 0.6 is 0 Å². The Bertz CT molecular complexity index is 720. The van der Waals surface area contributed by atoms with Gasteiger partial charge >= 0.3 is 0 Å². The van der Waals surface area contributed by atoms with Crippen molar-refractivity contribution in [3.63, 3.8) is 0 Å². The van der Waals surface area contributed by atoms with Crippen molar-refractivity contribution in [1.82, 2.24) is 0 Å². The predicted octanol–water partition coefficient (Wildman–Crippen LogP) is 2.08. The number of nitriles is 4. The van der Waals surface area contributed by atoms with Crippen LogP contribution in [0.25, 0.3) is 0 Å². The first-order valence-corrected chi connectivity index (χ1v) is 7.57. The molecule has 8 heteroatoms. The van der Waals surface area contributed by atoms with E-state index in [0.717, 1.165) is 0 Å². The number of hydrogen-bond acceptors (Lipinski definition) is 8. The third-order valence-electron chi connectivity index (χ3n) is 4.36. The molecule has 26 heavy (non-hydrogen) atoms. The zero-order valence-electron chi connectivity index (χ0n) is 13.8. The summed E-state index contributed by atoms with van der Waals surface area (Å²) in [5.41, 5.74) is -2.45. The molecule has 0 bridgehead atoms. The molecule has 0 saturated heterocycles. The predicted molar refractivity (Wildman–Crippen MR) is 85.6 cm³/mol.